The summed E-state index contributed by atoms with van der Waals surface area (Å²) in [6.45, 7) is 13.5. The summed E-state index contributed by atoms with van der Waals surface area (Å²) in [6.07, 6.45) is 0. The van der Waals surface area contributed by atoms with Gasteiger partial charge >= 0.3 is 0 Å². The van der Waals surface area contributed by atoms with Crippen LogP contribution in [0.15, 0.2) is 22.7 Å². The number of halogens is 2. The average Bonchev–Trinajstić information content (AvgIpc) is 2.37. The van der Waals surface area contributed by atoms with E-state index in [0.29, 0.717) is 18.0 Å². The van der Waals surface area contributed by atoms with E-state index in [9.17, 15) is 0 Å². The molecular formula is C17H26BrClN2. The Morgan fingerprint density at radius 3 is 2.52 bits per heavy atom. The van der Waals surface area contributed by atoms with Crippen LogP contribution in [0.2, 0.25) is 5.02 Å². The first-order valence-electron chi connectivity index (χ1n) is 7.65. The van der Waals surface area contributed by atoms with Gasteiger partial charge in [-0.3, -0.25) is 0 Å². The molecule has 118 valence electrons. The van der Waals surface area contributed by atoms with Crippen molar-refractivity contribution in [2.75, 3.05) is 18.0 Å². The van der Waals surface area contributed by atoms with Crippen molar-refractivity contribution >= 4 is 33.2 Å². The van der Waals surface area contributed by atoms with Crippen LogP contribution in [0.5, 0.6) is 0 Å². The standard InChI is InChI=1S/C17H26BrClN2/c1-11(2)15-9-20-16(17(3,4)5)10-21(15)14-7-6-12(19)8-13(14)18/h6-8,11,15-16,20H,9-10H2,1-5H3. The predicted octanol–water partition coefficient (Wildman–Crippen LogP) is 4.95. The smallest absolute Gasteiger partial charge is 0.0515 e. The Labute approximate surface area is 142 Å². The van der Waals surface area contributed by atoms with Crippen molar-refractivity contribution in [3.8, 4) is 0 Å². The largest absolute Gasteiger partial charge is 0.365 e. The number of hydrogen-bond donors (Lipinski definition) is 1. The number of nitrogens with one attached hydrogen (secondary N) is 1. The molecule has 0 aliphatic carbocycles. The Morgan fingerprint density at radius 1 is 1.33 bits per heavy atom. The summed E-state index contributed by atoms with van der Waals surface area (Å²) >= 11 is 9.78. The SMILES string of the molecule is CC(C)C1CNC(C(C)(C)C)CN1c1ccc(Cl)cc1Br. The Balaban J connectivity index is 2.34. The highest BCUT2D eigenvalue weighted by Gasteiger charge is 2.35. The van der Waals surface area contributed by atoms with Crippen LogP contribution < -0.4 is 10.2 Å². The molecule has 0 aromatic heterocycles. The van der Waals surface area contributed by atoms with Crippen LogP contribution in [-0.4, -0.2) is 25.2 Å². The zero-order chi connectivity index (χ0) is 15.8. The summed E-state index contributed by atoms with van der Waals surface area (Å²) in [4.78, 5) is 2.54. The monoisotopic (exact) mass is 372 g/mol. The number of anilines is 1. The summed E-state index contributed by atoms with van der Waals surface area (Å²) in [5.74, 6) is 0.598. The molecule has 2 atom stereocenters. The third-order valence-corrected chi connectivity index (χ3v) is 5.26. The first kappa shape index (κ1) is 17.1. The fraction of sp³-hybridized carbons (Fsp3) is 0.647. The lowest BCUT2D eigenvalue weighted by Crippen LogP contribution is -2.62. The Bertz CT molecular complexity index is 496. The van der Waals surface area contributed by atoms with E-state index in [1.54, 1.807) is 0 Å². The van der Waals surface area contributed by atoms with E-state index in [-0.39, 0.29) is 5.41 Å². The second-order valence-corrected chi connectivity index (χ2v) is 8.68. The lowest BCUT2D eigenvalue weighted by molar-refractivity contribution is 0.220. The van der Waals surface area contributed by atoms with Gasteiger partial charge < -0.3 is 10.2 Å². The zero-order valence-corrected chi connectivity index (χ0v) is 15.9. The summed E-state index contributed by atoms with van der Waals surface area (Å²) in [5, 5.41) is 4.51. The molecule has 21 heavy (non-hydrogen) atoms. The number of hydrogen-bond acceptors (Lipinski definition) is 2. The maximum absolute atomic E-state index is 6.10. The lowest BCUT2D eigenvalue weighted by atomic mass is 9.83. The van der Waals surface area contributed by atoms with Gasteiger partial charge in [0.1, 0.15) is 0 Å². The summed E-state index contributed by atoms with van der Waals surface area (Å²) in [5.41, 5.74) is 1.49. The van der Waals surface area contributed by atoms with Gasteiger partial charge in [-0.1, -0.05) is 46.2 Å². The first-order valence-corrected chi connectivity index (χ1v) is 8.82. The Morgan fingerprint density at radius 2 is 2.00 bits per heavy atom. The molecule has 4 heteroatoms. The van der Waals surface area contributed by atoms with Crippen LogP contribution in [0.1, 0.15) is 34.6 Å². The van der Waals surface area contributed by atoms with Crippen LogP contribution in [0.4, 0.5) is 5.69 Å². The fourth-order valence-corrected chi connectivity index (χ4v) is 3.85. The van der Waals surface area contributed by atoms with Gasteiger partial charge in [0.25, 0.3) is 0 Å². The molecule has 1 saturated heterocycles. The molecule has 2 nitrogen and oxygen atoms in total. The highest BCUT2D eigenvalue weighted by atomic mass is 79.9. The van der Waals surface area contributed by atoms with Crippen LogP contribution in [0, 0.1) is 11.3 Å². The molecule has 1 fully saturated rings. The Kier molecular flexibility index (Phi) is 5.27. The van der Waals surface area contributed by atoms with Gasteiger partial charge in [-0.05, 0) is 45.5 Å². The van der Waals surface area contributed by atoms with E-state index in [0.717, 1.165) is 22.6 Å². The molecule has 1 N–H and O–H groups in total. The number of benzene rings is 1. The van der Waals surface area contributed by atoms with Crippen molar-refractivity contribution in [2.24, 2.45) is 11.3 Å². The van der Waals surface area contributed by atoms with Crippen LogP contribution >= 0.6 is 27.5 Å². The quantitative estimate of drug-likeness (QED) is 0.789. The molecule has 1 aliphatic heterocycles. The van der Waals surface area contributed by atoms with E-state index < -0.39 is 0 Å². The Hall–Kier alpha value is -0.250. The molecule has 1 heterocycles. The highest BCUT2D eigenvalue weighted by molar-refractivity contribution is 9.10. The molecular weight excluding hydrogens is 348 g/mol. The van der Waals surface area contributed by atoms with Crippen molar-refractivity contribution in [3.63, 3.8) is 0 Å². The summed E-state index contributed by atoms with van der Waals surface area (Å²) in [7, 11) is 0. The van der Waals surface area contributed by atoms with Gasteiger partial charge in [0.05, 0.1) is 5.69 Å². The fourth-order valence-electron chi connectivity index (χ4n) is 2.94. The van der Waals surface area contributed by atoms with E-state index in [1.165, 1.54) is 5.69 Å². The van der Waals surface area contributed by atoms with Gasteiger partial charge in [0, 0.05) is 34.7 Å². The minimum atomic E-state index is 0.249. The average molecular weight is 374 g/mol. The molecule has 2 unspecified atom stereocenters. The van der Waals surface area contributed by atoms with Gasteiger partial charge in [-0.2, -0.15) is 0 Å². The van der Waals surface area contributed by atoms with Gasteiger partial charge in [-0.15, -0.1) is 0 Å². The van der Waals surface area contributed by atoms with Crippen LogP contribution in [0.3, 0.4) is 0 Å². The number of nitrogens with zero attached hydrogens (tertiary/aromatic N) is 1. The maximum Gasteiger partial charge on any atom is 0.0515 e. The topological polar surface area (TPSA) is 15.3 Å². The van der Waals surface area contributed by atoms with E-state index >= 15 is 0 Å². The lowest BCUT2D eigenvalue weighted by Gasteiger charge is -2.48. The third-order valence-electron chi connectivity index (χ3n) is 4.39. The minimum Gasteiger partial charge on any atom is -0.365 e. The molecule has 1 aliphatic rings. The molecule has 0 bridgehead atoms. The molecule has 0 amide bonds. The molecule has 2 rings (SSSR count). The van der Waals surface area contributed by atoms with Gasteiger partial charge in [0.2, 0.25) is 0 Å². The zero-order valence-electron chi connectivity index (χ0n) is 13.6. The van der Waals surface area contributed by atoms with Crippen LogP contribution in [0.25, 0.3) is 0 Å². The predicted molar refractivity (Wildman–Crippen MR) is 96.4 cm³/mol. The van der Waals surface area contributed by atoms with Crippen molar-refractivity contribution in [3.05, 3.63) is 27.7 Å². The maximum atomic E-state index is 6.10. The normalized spacial score (nSPS) is 23.7. The highest BCUT2D eigenvalue weighted by Crippen LogP contribution is 2.35. The second-order valence-electron chi connectivity index (χ2n) is 7.39. The third kappa shape index (κ3) is 3.94. The molecule has 0 spiro atoms. The van der Waals surface area contributed by atoms with Gasteiger partial charge in [-0.25, -0.2) is 0 Å². The molecule has 1 aromatic carbocycles. The molecule has 0 saturated carbocycles. The van der Waals surface area contributed by atoms with Crippen molar-refractivity contribution in [1.82, 2.24) is 5.32 Å². The van der Waals surface area contributed by atoms with Crippen molar-refractivity contribution in [2.45, 2.75) is 46.7 Å². The number of rotatable bonds is 2. The van der Waals surface area contributed by atoms with Crippen LogP contribution in [-0.2, 0) is 0 Å². The minimum absolute atomic E-state index is 0.249. The second kappa shape index (κ2) is 6.47. The van der Waals surface area contributed by atoms with Crippen molar-refractivity contribution < 1.29 is 0 Å². The summed E-state index contributed by atoms with van der Waals surface area (Å²) in [6, 6.07) is 7.08. The van der Waals surface area contributed by atoms with E-state index in [2.05, 4.69) is 66.8 Å². The van der Waals surface area contributed by atoms with Crippen molar-refractivity contribution in [1.29, 1.82) is 0 Å². The van der Waals surface area contributed by atoms with E-state index in [4.69, 9.17) is 11.6 Å². The molecule has 0 radical (unpaired) electrons. The number of piperazine rings is 1. The summed E-state index contributed by atoms with van der Waals surface area (Å²) < 4.78 is 1.08. The van der Waals surface area contributed by atoms with Gasteiger partial charge in [0.15, 0.2) is 0 Å². The molecule has 1 aromatic rings. The van der Waals surface area contributed by atoms with E-state index in [1.807, 2.05) is 12.1 Å². The first-order chi connectivity index (χ1) is 9.70.